The van der Waals surface area contributed by atoms with Gasteiger partial charge in [-0.2, -0.15) is 4.98 Å². The summed E-state index contributed by atoms with van der Waals surface area (Å²) in [4.78, 5) is 22.9. The van der Waals surface area contributed by atoms with Crippen LogP contribution in [0.4, 0.5) is 16.2 Å². The van der Waals surface area contributed by atoms with Gasteiger partial charge in [-0.15, -0.1) is 0 Å². The van der Waals surface area contributed by atoms with Gasteiger partial charge in [0.15, 0.2) is 0 Å². The Balaban J connectivity index is 1.83. The summed E-state index contributed by atoms with van der Waals surface area (Å²) in [6, 6.07) is 17.5. The molecule has 0 fully saturated rings. The third kappa shape index (κ3) is 4.28. The lowest BCUT2D eigenvalue weighted by atomic mass is 10.1. The molecule has 138 valence electrons. The highest BCUT2D eigenvalue weighted by atomic mass is 19.1. The zero-order valence-electron chi connectivity index (χ0n) is 15.3. The zero-order valence-corrected chi connectivity index (χ0v) is 15.3. The van der Waals surface area contributed by atoms with Gasteiger partial charge in [0.25, 0.3) is 5.91 Å². The number of benzene rings is 2. The molecule has 5 nitrogen and oxygen atoms in total. The van der Waals surface area contributed by atoms with Crippen LogP contribution in [0.5, 0.6) is 0 Å². The lowest BCUT2D eigenvalue weighted by Gasteiger charge is -2.21. The lowest BCUT2D eigenvalue weighted by molar-refractivity contribution is 0.0983. The second-order valence-corrected chi connectivity index (χ2v) is 6.04. The van der Waals surface area contributed by atoms with Crippen molar-refractivity contribution in [2.24, 2.45) is 0 Å². The second kappa shape index (κ2) is 8.40. The van der Waals surface area contributed by atoms with E-state index in [0.29, 0.717) is 18.3 Å². The summed E-state index contributed by atoms with van der Waals surface area (Å²) in [5.74, 6) is -0.158. The molecule has 3 rings (SSSR count). The van der Waals surface area contributed by atoms with Gasteiger partial charge in [-0.1, -0.05) is 42.5 Å². The SMILES string of the molecule is CCN(C(=O)c1ccccc1F)c1ccnc(N[C@@H](C)c2ccccc2)n1. The van der Waals surface area contributed by atoms with Crippen molar-refractivity contribution in [2.75, 3.05) is 16.8 Å². The van der Waals surface area contributed by atoms with Crippen molar-refractivity contribution in [3.8, 4) is 0 Å². The Morgan fingerprint density at radius 3 is 2.52 bits per heavy atom. The van der Waals surface area contributed by atoms with Gasteiger partial charge in [-0.25, -0.2) is 9.37 Å². The number of carbonyl (C=O) groups is 1. The first-order valence-electron chi connectivity index (χ1n) is 8.81. The molecule has 27 heavy (non-hydrogen) atoms. The molecule has 1 aromatic heterocycles. The average molecular weight is 364 g/mol. The van der Waals surface area contributed by atoms with Crippen molar-refractivity contribution in [1.82, 2.24) is 9.97 Å². The lowest BCUT2D eigenvalue weighted by Crippen LogP contribution is -2.32. The largest absolute Gasteiger partial charge is 0.348 e. The summed E-state index contributed by atoms with van der Waals surface area (Å²) in [5, 5.41) is 3.23. The molecule has 0 radical (unpaired) electrons. The number of aromatic nitrogens is 2. The molecule has 0 bridgehead atoms. The number of nitrogens with one attached hydrogen (secondary N) is 1. The monoisotopic (exact) mass is 364 g/mol. The van der Waals surface area contributed by atoms with Gasteiger partial charge in [-0.3, -0.25) is 9.69 Å². The topological polar surface area (TPSA) is 58.1 Å². The number of rotatable bonds is 6. The summed E-state index contributed by atoms with van der Waals surface area (Å²) in [5.41, 5.74) is 1.12. The van der Waals surface area contributed by atoms with Crippen LogP contribution in [-0.2, 0) is 0 Å². The van der Waals surface area contributed by atoms with Crippen molar-refractivity contribution >= 4 is 17.7 Å². The Hall–Kier alpha value is -3.28. The van der Waals surface area contributed by atoms with Crippen LogP contribution in [0.1, 0.15) is 35.8 Å². The highest BCUT2D eigenvalue weighted by Gasteiger charge is 2.20. The van der Waals surface area contributed by atoms with Gasteiger partial charge < -0.3 is 5.32 Å². The van der Waals surface area contributed by atoms with E-state index >= 15 is 0 Å². The average Bonchev–Trinajstić information content (AvgIpc) is 2.70. The minimum Gasteiger partial charge on any atom is -0.348 e. The van der Waals surface area contributed by atoms with Crippen LogP contribution >= 0.6 is 0 Å². The number of halogens is 1. The smallest absolute Gasteiger partial charge is 0.262 e. The van der Waals surface area contributed by atoms with Crippen LogP contribution in [0.15, 0.2) is 66.9 Å². The number of nitrogens with zero attached hydrogens (tertiary/aromatic N) is 3. The van der Waals surface area contributed by atoms with Crippen LogP contribution in [-0.4, -0.2) is 22.4 Å². The van der Waals surface area contributed by atoms with E-state index < -0.39 is 11.7 Å². The van der Waals surface area contributed by atoms with E-state index in [9.17, 15) is 9.18 Å². The van der Waals surface area contributed by atoms with Crippen molar-refractivity contribution in [1.29, 1.82) is 0 Å². The van der Waals surface area contributed by atoms with Gasteiger partial charge in [0.05, 0.1) is 11.6 Å². The molecule has 1 N–H and O–H groups in total. The van der Waals surface area contributed by atoms with E-state index in [1.165, 1.54) is 17.0 Å². The van der Waals surface area contributed by atoms with Crippen LogP contribution in [0.2, 0.25) is 0 Å². The predicted octanol–water partition coefficient (Wildman–Crippen LogP) is 4.46. The first-order chi connectivity index (χ1) is 13.1. The van der Waals surface area contributed by atoms with Gasteiger partial charge >= 0.3 is 0 Å². The van der Waals surface area contributed by atoms with Gasteiger partial charge in [0.2, 0.25) is 5.95 Å². The molecule has 0 saturated carbocycles. The molecular weight excluding hydrogens is 343 g/mol. The molecule has 0 aliphatic rings. The summed E-state index contributed by atoms with van der Waals surface area (Å²) < 4.78 is 14.0. The number of anilines is 2. The third-order valence-corrected chi connectivity index (χ3v) is 4.23. The molecule has 0 saturated heterocycles. The molecule has 3 aromatic rings. The summed E-state index contributed by atoms with van der Waals surface area (Å²) in [6.07, 6.45) is 1.58. The quantitative estimate of drug-likeness (QED) is 0.702. The maximum absolute atomic E-state index is 14.0. The molecule has 0 aliphatic carbocycles. The predicted molar refractivity (Wildman–Crippen MR) is 104 cm³/mol. The Morgan fingerprint density at radius 2 is 1.81 bits per heavy atom. The fourth-order valence-electron chi connectivity index (χ4n) is 2.78. The fraction of sp³-hybridized carbons (Fsp3) is 0.190. The molecule has 1 atom stereocenters. The maximum atomic E-state index is 14.0. The van der Waals surface area contributed by atoms with Crippen molar-refractivity contribution < 1.29 is 9.18 Å². The summed E-state index contributed by atoms with van der Waals surface area (Å²) >= 11 is 0. The summed E-state index contributed by atoms with van der Waals surface area (Å²) in [6.45, 7) is 4.19. The standard InChI is InChI=1S/C21H21FN4O/c1-3-26(20(27)17-11-7-8-12-18(17)22)19-13-14-23-21(25-19)24-15(2)16-9-5-4-6-10-16/h4-15H,3H2,1-2H3,(H,23,24,25)/t15-/m0/s1. The van der Waals surface area contributed by atoms with Crippen molar-refractivity contribution in [2.45, 2.75) is 19.9 Å². The van der Waals surface area contributed by atoms with Gasteiger partial charge in [0.1, 0.15) is 11.6 Å². The van der Waals surface area contributed by atoms with E-state index in [4.69, 9.17) is 0 Å². The normalized spacial score (nSPS) is 11.7. The Labute approximate surface area is 157 Å². The molecular formula is C21H21FN4O. The zero-order chi connectivity index (χ0) is 19.2. The fourth-order valence-corrected chi connectivity index (χ4v) is 2.78. The number of hydrogen-bond acceptors (Lipinski definition) is 4. The van der Waals surface area contributed by atoms with E-state index in [-0.39, 0.29) is 11.6 Å². The number of amides is 1. The highest BCUT2D eigenvalue weighted by molar-refractivity contribution is 6.05. The third-order valence-electron chi connectivity index (χ3n) is 4.23. The number of carbonyl (C=O) groups excluding carboxylic acids is 1. The van der Waals surface area contributed by atoms with Crippen LogP contribution in [0.25, 0.3) is 0 Å². The molecule has 0 spiro atoms. The Morgan fingerprint density at radius 1 is 1.11 bits per heavy atom. The van der Waals surface area contributed by atoms with E-state index in [0.717, 1.165) is 5.56 Å². The van der Waals surface area contributed by atoms with Gasteiger partial charge in [0, 0.05) is 12.7 Å². The van der Waals surface area contributed by atoms with Crippen LogP contribution in [0, 0.1) is 5.82 Å². The van der Waals surface area contributed by atoms with Crippen molar-refractivity contribution in [3.63, 3.8) is 0 Å². The molecule has 0 unspecified atom stereocenters. The Kier molecular flexibility index (Phi) is 5.76. The van der Waals surface area contributed by atoms with E-state index in [2.05, 4.69) is 15.3 Å². The van der Waals surface area contributed by atoms with E-state index in [1.807, 2.05) is 44.2 Å². The first-order valence-corrected chi connectivity index (χ1v) is 8.81. The second-order valence-electron chi connectivity index (χ2n) is 6.04. The molecule has 1 heterocycles. The maximum Gasteiger partial charge on any atom is 0.262 e. The molecule has 1 amide bonds. The molecule has 2 aromatic carbocycles. The Bertz CT molecular complexity index is 917. The minimum atomic E-state index is -0.550. The van der Waals surface area contributed by atoms with Crippen LogP contribution < -0.4 is 10.2 Å². The molecule has 0 aliphatic heterocycles. The van der Waals surface area contributed by atoms with Crippen LogP contribution in [0.3, 0.4) is 0 Å². The summed E-state index contributed by atoms with van der Waals surface area (Å²) in [7, 11) is 0. The van der Waals surface area contributed by atoms with Gasteiger partial charge in [-0.05, 0) is 37.6 Å². The minimum absolute atomic E-state index is 0.00111. The molecule has 6 heteroatoms. The number of hydrogen-bond donors (Lipinski definition) is 1. The highest BCUT2D eigenvalue weighted by Crippen LogP contribution is 2.20. The first kappa shape index (κ1) is 18.5. The van der Waals surface area contributed by atoms with E-state index in [1.54, 1.807) is 24.4 Å². The van der Waals surface area contributed by atoms with Crippen molar-refractivity contribution in [3.05, 3.63) is 83.8 Å².